The van der Waals surface area contributed by atoms with Crippen molar-refractivity contribution in [1.82, 2.24) is 14.3 Å². The molecular formula is C17H16FN3O2S. The minimum absolute atomic E-state index is 0.0832. The number of aromatic nitrogens is 2. The van der Waals surface area contributed by atoms with Gasteiger partial charge in [0.1, 0.15) is 16.5 Å². The molecule has 0 bridgehead atoms. The number of benzene rings is 2. The molecule has 1 heterocycles. The molecule has 1 N–H and O–H groups in total. The summed E-state index contributed by atoms with van der Waals surface area (Å²) in [6, 6.07) is 12.7. The summed E-state index contributed by atoms with van der Waals surface area (Å²) in [7, 11) is -3.89. The predicted octanol–water partition coefficient (Wildman–Crippen LogP) is 2.80. The first-order valence-electron chi connectivity index (χ1n) is 7.31. The normalized spacial score (nSPS) is 11.6. The number of rotatable bonds is 5. The van der Waals surface area contributed by atoms with E-state index >= 15 is 0 Å². The standard InChI is InChI=1S/C17H16FN3O2S/c1-13-19-10-11-21(13)15-8-6-14(7-9-15)12-20-24(22,23)17-5-3-2-4-16(17)18/h2-11,20H,12H2,1H3. The predicted molar refractivity (Wildman–Crippen MR) is 88.7 cm³/mol. The van der Waals surface area contributed by atoms with Gasteiger partial charge in [-0.2, -0.15) is 0 Å². The number of imidazole rings is 1. The van der Waals surface area contributed by atoms with E-state index in [2.05, 4.69) is 9.71 Å². The van der Waals surface area contributed by atoms with Crippen molar-refractivity contribution < 1.29 is 12.8 Å². The Balaban J connectivity index is 1.73. The van der Waals surface area contributed by atoms with Crippen LogP contribution in [0.25, 0.3) is 5.69 Å². The van der Waals surface area contributed by atoms with E-state index in [1.165, 1.54) is 18.2 Å². The van der Waals surface area contributed by atoms with Crippen molar-refractivity contribution in [3.63, 3.8) is 0 Å². The minimum atomic E-state index is -3.89. The number of hydrogen-bond acceptors (Lipinski definition) is 3. The maximum Gasteiger partial charge on any atom is 0.243 e. The van der Waals surface area contributed by atoms with Crippen molar-refractivity contribution in [1.29, 1.82) is 0 Å². The van der Waals surface area contributed by atoms with Gasteiger partial charge in [0.05, 0.1) is 0 Å². The molecule has 1 aromatic heterocycles. The molecule has 0 atom stereocenters. The van der Waals surface area contributed by atoms with Crippen molar-refractivity contribution >= 4 is 10.0 Å². The topological polar surface area (TPSA) is 64.0 Å². The third-order valence-electron chi connectivity index (χ3n) is 3.63. The fraction of sp³-hybridized carbons (Fsp3) is 0.118. The summed E-state index contributed by atoms with van der Waals surface area (Å²) < 4.78 is 42.3. The van der Waals surface area contributed by atoms with Crippen LogP contribution in [0, 0.1) is 12.7 Å². The fourth-order valence-corrected chi connectivity index (χ4v) is 3.44. The summed E-state index contributed by atoms with van der Waals surface area (Å²) in [4.78, 5) is 3.81. The molecule has 0 aliphatic rings. The van der Waals surface area contributed by atoms with E-state index in [1.807, 2.05) is 42.0 Å². The first-order valence-corrected chi connectivity index (χ1v) is 8.79. The van der Waals surface area contributed by atoms with Crippen LogP contribution >= 0.6 is 0 Å². The molecule has 0 unspecified atom stereocenters. The van der Waals surface area contributed by atoms with E-state index in [9.17, 15) is 12.8 Å². The number of nitrogens with zero attached hydrogens (tertiary/aromatic N) is 2. The van der Waals surface area contributed by atoms with Gasteiger partial charge >= 0.3 is 0 Å². The second-order valence-electron chi connectivity index (χ2n) is 5.27. The largest absolute Gasteiger partial charge is 0.304 e. The van der Waals surface area contributed by atoms with E-state index in [0.29, 0.717) is 0 Å². The number of aryl methyl sites for hydroxylation is 1. The van der Waals surface area contributed by atoms with Crippen LogP contribution in [0.3, 0.4) is 0 Å². The summed E-state index contributed by atoms with van der Waals surface area (Å²) in [6.07, 6.45) is 3.57. The molecule has 7 heteroatoms. The Morgan fingerprint density at radius 2 is 1.83 bits per heavy atom. The van der Waals surface area contributed by atoms with Gasteiger partial charge < -0.3 is 4.57 Å². The average Bonchev–Trinajstić information content (AvgIpc) is 3.00. The molecule has 0 fully saturated rings. The van der Waals surface area contributed by atoms with Crippen LogP contribution in [0.5, 0.6) is 0 Å². The molecule has 0 radical (unpaired) electrons. The summed E-state index contributed by atoms with van der Waals surface area (Å²) in [6.45, 7) is 1.98. The molecule has 0 aliphatic carbocycles. The Kier molecular flexibility index (Phi) is 4.46. The molecular weight excluding hydrogens is 329 g/mol. The van der Waals surface area contributed by atoms with Gasteiger partial charge in [-0.3, -0.25) is 0 Å². The highest BCUT2D eigenvalue weighted by molar-refractivity contribution is 7.89. The number of sulfonamides is 1. The second kappa shape index (κ2) is 6.54. The van der Waals surface area contributed by atoms with Crippen molar-refractivity contribution in [3.05, 3.63) is 78.1 Å². The first kappa shape index (κ1) is 16.4. The number of nitrogens with one attached hydrogen (secondary N) is 1. The Labute approximate surface area is 139 Å². The number of halogens is 1. The molecule has 3 rings (SSSR count). The van der Waals surface area contributed by atoms with Crippen molar-refractivity contribution in [2.45, 2.75) is 18.4 Å². The Morgan fingerprint density at radius 3 is 2.46 bits per heavy atom. The third-order valence-corrected chi connectivity index (χ3v) is 5.07. The molecule has 3 aromatic rings. The van der Waals surface area contributed by atoms with Gasteiger partial charge in [-0.1, -0.05) is 24.3 Å². The van der Waals surface area contributed by atoms with Gasteiger partial charge in [0.15, 0.2) is 0 Å². The van der Waals surface area contributed by atoms with E-state index in [-0.39, 0.29) is 11.4 Å². The highest BCUT2D eigenvalue weighted by atomic mass is 32.2. The van der Waals surface area contributed by atoms with Crippen LogP contribution in [-0.2, 0) is 16.6 Å². The maximum absolute atomic E-state index is 13.6. The fourth-order valence-electron chi connectivity index (χ4n) is 2.34. The Hall–Kier alpha value is -2.51. The zero-order chi connectivity index (χ0) is 17.2. The molecule has 0 amide bonds. The summed E-state index contributed by atoms with van der Waals surface area (Å²) in [5.41, 5.74) is 1.71. The van der Waals surface area contributed by atoms with Gasteiger partial charge in [0.2, 0.25) is 10.0 Å². The van der Waals surface area contributed by atoms with Gasteiger partial charge in [-0.05, 0) is 36.8 Å². The lowest BCUT2D eigenvalue weighted by atomic mass is 10.2. The van der Waals surface area contributed by atoms with Crippen LogP contribution < -0.4 is 4.72 Å². The lowest BCUT2D eigenvalue weighted by molar-refractivity contribution is 0.557. The quantitative estimate of drug-likeness (QED) is 0.773. The Morgan fingerprint density at radius 1 is 1.12 bits per heavy atom. The molecule has 5 nitrogen and oxygen atoms in total. The van der Waals surface area contributed by atoms with Crippen molar-refractivity contribution in [3.8, 4) is 5.69 Å². The minimum Gasteiger partial charge on any atom is -0.304 e. The monoisotopic (exact) mass is 345 g/mol. The van der Waals surface area contributed by atoms with Gasteiger partial charge in [-0.25, -0.2) is 22.5 Å². The summed E-state index contributed by atoms with van der Waals surface area (Å²) >= 11 is 0. The molecule has 0 spiro atoms. The van der Waals surface area contributed by atoms with Crippen LogP contribution in [-0.4, -0.2) is 18.0 Å². The average molecular weight is 345 g/mol. The SMILES string of the molecule is Cc1nccn1-c1ccc(CNS(=O)(=O)c2ccccc2F)cc1. The highest BCUT2D eigenvalue weighted by Crippen LogP contribution is 2.15. The summed E-state index contributed by atoms with van der Waals surface area (Å²) in [5, 5.41) is 0. The van der Waals surface area contributed by atoms with Gasteiger partial charge in [0.25, 0.3) is 0 Å². The van der Waals surface area contributed by atoms with E-state index in [4.69, 9.17) is 0 Å². The first-order chi connectivity index (χ1) is 11.5. The van der Waals surface area contributed by atoms with E-state index in [1.54, 1.807) is 6.20 Å². The van der Waals surface area contributed by atoms with Crippen molar-refractivity contribution in [2.75, 3.05) is 0 Å². The zero-order valence-electron chi connectivity index (χ0n) is 13.0. The highest BCUT2D eigenvalue weighted by Gasteiger charge is 2.17. The molecule has 24 heavy (non-hydrogen) atoms. The zero-order valence-corrected chi connectivity index (χ0v) is 13.8. The van der Waals surface area contributed by atoms with Crippen LogP contribution in [0.15, 0.2) is 65.8 Å². The molecule has 0 saturated heterocycles. The lowest BCUT2D eigenvalue weighted by Gasteiger charge is -2.09. The maximum atomic E-state index is 13.6. The Bertz CT molecular complexity index is 950. The molecule has 0 saturated carbocycles. The van der Waals surface area contributed by atoms with Crippen molar-refractivity contribution in [2.24, 2.45) is 0 Å². The van der Waals surface area contributed by atoms with Crippen LogP contribution in [0.1, 0.15) is 11.4 Å². The number of hydrogen-bond donors (Lipinski definition) is 1. The smallest absolute Gasteiger partial charge is 0.243 e. The van der Waals surface area contributed by atoms with E-state index in [0.717, 1.165) is 23.1 Å². The third kappa shape index (κ3) is 3.37. The van der Waals surface area contributed by atoms with Gasteiger partial charge in [0, 0.05) is 24.6 Å². The molecule has 2 aromatic carbocycles. The van der Waals surface area contributed by atoms with E-state index < -0.39 is 15.8 Å². The van der Waals surface area contributed by atoms with Crippen LogP contribution in [0.4, 0.5) is 4.39 Å². The summed E-state index contributed by atoms with van der Waals surface area (Å²) in [5.74, 6) is 0.0962. The van der Waals surface area contributed by atoms with Gasteiger partial charge in [-0.15, -0.1) is 0 Å². The lowest BCUT2D eigenvalue weighted by Crippen LogP contribution is -2.24. The second-order valence-corrected chi connectivity index (χ2v) is 7.00. The molecule has 124 valence electrons. The van der Waals surface area contributed by atoms with Crippen LogP contribution in [0.2, 0.25) is 0 Å². The molecule has 0 aliphatic heterocycles.